The molecule has 0 spiro atoms. The first-order valence-electron chi connectivity index (χ1n) is 12.8. The zero-order chi connectivity index (χ0) is 27.9. The first kappa shape index (κ1) is 28.9. The maximum absolute atomic E-state index is 13.8. The molecule has 38 heavy (non-hydrogen) atoms. The van der Waals surface area contributed by atoms with Crippen LogP contribution in [0.3, 0.4) is 0 Å². The summed E-state index contributed by atoms with van der Waals surface area (Å²) in [4.78, 5) is 28.1. The Morgan fingerprint density at radius 1 is 0.868 bits per heavy atom. The molecule has 1 atom stereocenters. The topological polar surface area (TPSA) is 86.8 Å². The molecule has 3 aromatic carbocycles. The van der Waals surface area contributed by atoms with E-state index in [4.69, 9.17) is 0 Å². The summed E-state index contributed by atoms with van der Waals surface area (Å²) in [6.07, 6.45) is 0. The number of benzene rings is 3. The summed E-state index contributed by atoms with van der Waals surface area (Å²) in [5, 5.41) is 2.77. The Kier molecular flexibility index (Phi) is 9.69. The van der Waals surface area contributed by atoms with Crippen molar-refractivity contribution in [1.82, 2.24) is 10.2 Å². The van der Waals surface area contributed by atoms with E-state index >= 15 is 0 Å². The number of hydrogen-bond acceptors (Lipinski definition) is 4. The lowest BCUT2D eigenvalue weighted by atomic mass is 10.0. The lowest BCUT2D eigenvalue weighted by Crippen LogP contribution is -2.51. The van der Waals surface area contributed by atoms with Gasteiger partial charge in [0.1, 0.15) is 12.6 Å². The minimum Gasteiger partial charge on any atom is -0.355 e. The number of nitrogens with zero attached hydrogens (tertiary/aromatic N) is 2. The van der Waals surface area contributed by atoms with Crippen LogP contribution in [0.15, 0.2) is 83.8 Å². The first-order chi connectivity index (χ1) is 18.0. The lowest BCUT2D eigenvalue weighted by Gasteiger charge is -2.32. The second-order valence-electron chi connectivity index (χ2n) is 9.65. The van der Waals surface area contributed by atoms with Gasteiger partial charge in [0.05, 0.1) is 10.6 Å². The monoisotopic (exact) mass is 535 g/mol. The number of carbonyl (C=O) groups is 2. The average Bonchev–Trinajstić information content (AvgIpc) is 2.91. The fourth-order valence-electron chi connectivity index (χ4n) is 4.07. The number of aryl methyl sites for hydroxylation is 1. The van der Waals surface area contributed by atoms with Crippen molar-refractivity contribution < 1.29 is 18.0 Å². The maximum Gasteiger partial charge on any atom is 0.264 e. The summed E-state index contributed by atoms with van der Waals surface area (Å²) in [6, 6.07) is 22.1. The van der Waals surface area contributed by atoms with E-state index in [1.807, 2.05) is 50.2 Å². The molecule has 3 aromatic rings. The molecular formula is C30H37N3O4S. The van der Waals surface area contributed by atoms with Crippen molar-refractivity contribution in [3.05, 3.63) is 95.6 Å². The molecule has 0 fully saturated rings. The Bertz CT molecular complexity index is 1320. The van der Waals surface area contributed by atoms with Gasteiger partial charge in [0.25, 0.3) is 10.0 Å². The summed E-state index contributed by atoms with van der Waals surface area (Å²) < 4.78 is 28.7. The molecule has 3 rings (SSSR count). The molecule has 0 aliphatic heterocycles. The number of nitrogens with one attached hydrogen (secondary N) is 1. The van der Waals surface area contributed by atoms with Crippen LogP contribution in [0.1, 0.15) is 50.3 Å². The SMILES string of the molecule is CCNC(=O)C(C)N(Cc1ccc(C)cc1)C(=O)CN(c1ccc(C(C)C)cc1)S(=O)(=O)c1ccccc1. The molecule has 0 radical (unpaired) electrons. The zero-order valence-electron chi connectivity index (χ0n) is 22.7. The highest BCUT2D eigenvalue weighted by atomic mass is 32.2. The van der Waals surface area contributed by atoms with Crippen LogP contribution >= 0.6 is 0 Å². The van der Waals surface area contributed by atoms with E-state index < -0.39 is 28.5 Å². The van der Waals surface area contributed by atoms with Crippen LogP contribution in [-0.4, -0.2) is 44.3 Å². The van der Waals surface area contributed by atoms with Crippen LogP contribution in [0.25, 0.3) is 0 Å². The Hall–Kier alpha value is -3.65. The third kappa shape index (κ3) is 7.01. The summed E-state index contributed by atoms with van der Waals surface area (Å²) in [5.41, 5.74) is 3.36. The maximum atomic E-state index is 13.8. The van der Waals surface area contributed by atoms with E-state index in [0.717, 1.165) is 21.0 Å². The molecule has 0 saturated carbocycles. The third-order valence-corrected chi connectivity index (χ3v) is 8.24. The quantitative estimate of drug-likeness (QED) is 0.380. The summed E-state index contributed by atoms with van der Waals surface area (Å²) in [6.45, 7) is 9.70. The van der Waals surface area contributed by atoms with Crippen molar-refractivity contribution in [2.75, 3.05) is 17.4 Å². The van der Waals surface area contributed by atoms with Gasteiger partial charge in [-0.05, 0) is 62.1 Å². The van der Waals surface area contributed by atoms with Crippen molar-refractivity contribution in [1.29, 1.82) is 0 Å². The van der Waals surface area contributed by atoms with Gasteiger partial charge in [-0.25, -0.2) is 8.42 Å². The van der Waals surface area contributed by atoms with E-state index in [1.54, 1.807) is 37.3 Å². The Balaban J connectivity index is 2.02. The van der Waals surface area contributed by atoms with Crippen LogP contribution < -0.4 is 9.62 Å². The molecule has 1 unspecified atom stereocenters. The normalized spacial score (nSPS) is 12.2. The van der Waals surface area contributed by atoms with E-state index in [-0.39, 0.29) is 23.3 Å². The number of sulfonamides is 1. The van der Waals surface area contributed by atoms with Gasteiger partial charge in [-0.3, -0.25) is 13.9 Å². The molecule has 0 heterocycles. The van der Waals surface area contributed by atoms with Gasteiger partial charge >= 0.3 is 0 Å². The summed E-state index contributed by atoms with van der Waals surface area (Å²) >= 11 is 0. The number of hydrogen-bond donors (Lipinski definition) is 1. The van der Waals surface area contributed by atoms with E-state index in [1.165, 1.54) is 17.0 Å². The molecule has 1 N–H and O–H groups in total. The number of carbonyl (C=O) groups excluding carboxylic acids is 2. The largest absolute Gasteiger partial charge is 0.355 e. The fourth-order valence-corrected chi connectivity index (χ4v) is 5.50. The zero-order valence-corrected chi connectivity index (χ0v) is 23.5. The molecule has 0 saturated heterocycles. The molecule has 0 aromatic heterocycles. The van der Waals surface area contributed by atoms with Crippen LogP contribution in [0, 0.1) is 6.92 Å². The van der Waals surface area contributed by atoms with Crippen LogP contribution in [-0.2, 0) is 26.2 Å². The second-order valence-corrected chi connectivity index (χ2v) is 11.5. The molecule has 2 amide bonds. The van der Waals surface area contributed by atoms with Gasteiger partial charge in [0, 0.05) is 13.1 Å². The van der Waals surface area contributed by atoms with Gasteiger partial charge in [-0.2, -0.15) is 0 Å². The van der Waals surface area contributed by atoms with Gasteiger partial charge in [0.15, 0.2) is 0 Å². The third-order valence-electron chi connectivity index (χ3n) is 6.45. The molecule has 8 heteroatoms. The predicted octanol–water partition coefficient (Wildman–Crippen LogP) is 4.87. The predicted molar refractivity (Wildman–Crippen MR) is 151 cm³/mol. The number of likely N-dealkylation sites (N-methyl/N-ethyl adjacent to an activating group) is 1. The van der Waals surface area contributed by atoms with Gasteiger partial charge in [-0.15, -0.1) is 0 Å². The first-order valence-corrected chi connectivity index (χ1v) is 14.3. The van der Waals surface area contributed by atoms with Crippen molar-refractivity contribution >= 4 is 27.5 Å². The summed E-state index contributed by atoms with van der Waals surface area (Å²) in [7, 11) is -4.07. The van der Waals surface area contributed by atoms with Crippen molar-refractivity contribution in [2.45, 2.75) is 58.0 Å². The number of amides is 2. The van der Waals surface area contributed by atoms with Crippen molar-refractivity contribution in [3.8, 4) is 0 Å². The highest BCUT2D eigenvalue weighted by molar-refractivity contribution is 7.92. The van der Waals surface area contributed by atoms with Crippen molar-refractivity contribution in [3.63, 3.8) is 0 Å². The van der Waals surface area contributed by atoms with Crippen LogP contribution in [0.5, 0.6) is 0 Å². The van der Waals surface area contributed by atoms with Crippen LogP contribution in [0.2, 0.25) is 0 Å². The number of rotatable bonds is 11. The van der Waals surface area contributed by atoms with Gasteiger partial charge < -0.3 is 10.2 Å². The van der Waals surface area contributed by atoms with E-state index in [0.29, 0.717) is 12.2 Å². The van der Waals surface area contributed by atoms with E-state index in [9.17, 15) is 18.0 Å². The Labute approximate surface area is 226 Å². The summed E-state index contributed by atoms with van der Waals surface area (Å²) in [5.74, 6) is -0.503. The van der Waals surface area contributed by atoms with E-state index in [2.05, 4.69) is 19.2 Å². The smallest absolute Gasteiger partial charge is 0.264 e. The lowest BCUT2D eigenvalue weighted by molar-refractivity contribution is -0.139. The van der Waals surface area contributed by atoms with Gasteiger partial charge in [0.2, 0.25) is 11.8 Å². The Morgan fingerprint density at radius 3 is 2.03 bits per heavy atom. The Morgan fingerprint density at radius 2 is 1.47 bits per heavy atom. The minimum absolute atomic E-state index is 0.0857. The van der Waals surface area contributed by atoms with Crippen LogP contribution in [0.4, 0.5) is 5.69 Å². The average molecular weight is 536 g/mol. The molecule has 0 aliphatic rings. The second kappa shape index (κ2) is 12.7. The highest BCUT2D eigenvalue weighted by Gasteiger charge is 2.32. The molecule has 0 aliphatic carbocycles. The van der Waals surface area contributed by atoms with Crippen molar-refractivity contribution in [2.24, 2.45) is 0 Å². The highest BCUT2D eigenvalue weighted by Crippen LogP contribution is 2.26. The molecule has 0 bridgehead atoms. The molecular weight excluding hydrogens is 498 g/mol. The minimum atomic E-state index is -4.07. The molecule has 7 nitrogen and oxygen atoms in total. The van der Waals surface area contributed by atoms with Gasteiger partial charge in [-0.1, -0.05) is 74.0 Å². The molecule has 202 valence electrons. The number of anilines is 1. The fraction of sp³-hybridized carbons (Fsp3) is 0.333. The standard InChI is InChI=1S/C30H37N3O4S/c1-6-31-30(35)24(5)32(20-25-14-12-23(4)13-15-25)29(34)21-33(27-18-16-26(17-19-27)22(2)3)38(36,37)28-10-8-7-9-11-28/h7-19,22,24H,6,20-21H2,1-5H3,(H,31,35).